The molecule has 5 nitrogen and oxygen atoms in total. The number of amidine groups is 1. The minimum Gasteiger partial charge on any atom is -0.452 e. The number of hydrogen-bond acceptors (Lipinski definition) is 4. The van der Waals surface area contributed by atoms with Gasteiger partial charge >= 0.3 is 6.09 Å². The fourth-order valence-corrected chi connectivity index (χ4v) is 1.97. The number of nitrogens with one attached hydrogen (secondary N) is 2. The minimum absolute atomic E-state index is 0.168. The number of ether oxygens (including phenoxy) is 1. The average molecular weight is 247 g/mol. The van der Waals surface area contributed by atoms with Crippen molar-refractivity contribution in [2.24, 2.45) is 4.99 Å². The van der Waals surface area contributed by atoms with Crippen molar-refractivity contribution < 1.29 is 9.53 Å². The lowest BCUT2D eigenvalue weighted by Gasteiger charge is -2.21. The minimum atomic E-state index is -0.514. The molecule has 1 aliphatic heterocycles. The molecule has 96 valence electrons. The molecule has 0 aromatic heterocycles. The first-order valence-corrected chi connectivity index (χ1v) is 6.01. The molecule has 1 aromatic carbocycles. The largest absolute Gasteiger partial charge is 0.452 e. The number of hydrogen-bond donors (Lipinski definition) is 2. The van der Waals surface area contributed by atoms with E-state index in [-0.39, 0.29) is 6.04 Å². The first kappa shape index (κ1) is 12.4. The first-order valence-electron chi connectivity index (χ1n) is 6.01. The Hall–Kier alpha value is -2.04. The van der Waals surface area contributed by atoms with Crippen LogP contribution < -0.4 is 10.9 Å². The first-order chi connectivity index (χ1) is 8.79. The third-order valence-corrected chi connectivity index (χ3v) is 2.88. The Labute approximate surface area is 106 Å². The van der Waals surface area contributed by atoms with Crippen LogP contribution in [0.25, 0.3) is 0 Å². The molecule has 18 heavy (non-hydrogen) atoms. The molecule has 0 aliphatic carbocycles. The third-order valence-electron chi connectivity index (χ3n) is 2.88. The standard InChI is InChI=1S/C13H17N3O2/c1-18-13(17)16-15-12-9-5-8-11(14-12)10-6-3-2-4-7-10/h2-4,6-7,11H,5,8-9H2,1H3,(H,14,15)(H,16,17). The summed E-state index contributed by atoms with van der Waals surface area (Å²) in [6.45, 7) is 0. The van der Waals surface area contributed by atoms with Gasteiger partial charge in [0.1, 0.15) is 5.84 Å². The number of carbonyl (C=O) groups excluding carboxylic acids is 1. The Balaban J connectivity index is 2.00. The van der Waals surface area contributed by atoms with Gasteiger partial charge in [0.2, 0.25) is 0 Å². The molecule has 2 N–H and O–H groups in total. The van der Waals surface area contributed by atoms with Crippen LogP contribution in [-0.4, -0.2) is 19.0 Å². The monoisotopic (exact) mass is 247 g/mol. The summed E-state index contributed by atoms with van der Waals surface area (Å²) in [6.07, 6.45) is 2.41. The van der Waals surface area contributed by atoms with Crippen molar-refractivity contribution in [1.82, 2.24) is 10.9 Å². The molecule has 1 aromatic rings. The number of benzene rings is 1. The Morgan fingerprint density at radius 3 is 2.89 bits per heavy atom. The van der Waals surface area contributed by atoms with Gasteiger partial charge in [-0.15, -0.1) is 0 Å². The second-order valence-electron chi connectivity index (χ2n) is 4.14. The molecular weight excluding hydrogens is 230 g/mol. The highest BCUT2D eigenvalue weighted by molar-refractivity contribution is 5.84. The van der Waals surface area contributed by atoms with Crippen molar-refractivity contribution in [2.45, 2.75) is 25.3 Å². The van der Waals surface area contributed by atoms with Crippen molar-refractivity contribution in [3.63, 3.8) is 0 Å². The molecule has 1 unspecified atom stereocenters. The zero-order chi connectivity index (χ0) is 12.8. The molecule has 5 heteroatoms. The van der Waals surface area contributed by atoms with Crippen molar-refractivity contribution in [3.8, 4) is 0 Å². The fraction of sp³-hybridized carbons (Fsp3) is 0.385. The Morgan fingerprint density at radius 2 is 2.17 bits per heavy atom. The van der Waals surface area contributed by atoms with E-state index in [1.54, 1.807) is 0 Å². The number of rotatable bonds is 1. The van der Waals surface area contributed by atoms with Crippen LogP contribution in [0.3, 0.4) is 0 Å². The van der Waals surface area contributed by atoms with Crippen LogP contribution in [-0.2, 0) is 4.74 Å². The number of nitrogens with zero attached hydrogens (tertiary/aromatic N) is 1. The van der Waals surface area contributed by atoms with E-state index in [1.807, 2.05) is 18.2 Å². The van der Waals surface area contributed by atoms with Crippen LogP contribution in [0.1, 0.15) is 30.9 Å². The summed E-state index contributed by atoms with van der Waals surface area (Å²) in [6, 6.07) is 10.3. The third kappa shape index (κ3) is 3.23. The maximum Gasteiger partial charge on any atom is 0.425 e. The van der Waals surface area contributed by atoms with Gasteiger partial charge in [0.05, 0.1) is 13.2 Å². The topological polar surface area (TPSA) is 62.7 Å². The van der Waals surface area contributed by atoms with Gasteiger partial charge in [0.25, 0.3) is 0 Å². The summed E-state index contributed by atoms with van der Waals surface area (Å²) in [5.74, 6) is 0.792. The molecule has 1 amide bonds. The normalized spacial score (nSPS) is 18.7. The molecule has 0 bridgehead atoms. The smallest absolute Gasteiger partial charge is 0.425 e. The lowest BCUT2D eigenvalue weighted by Crippen LogP contribution is -2.42. The molecule has 0 radical (unpaired) electrons. The van der Waals surface area contributed by atoms with Crippen LogP contribution in [0.15, 0.2) is 35.3 Å². The Kier molecular flexibility index (Phi) is 4.17. The van der Waals surface area contributed by atoms with Crippen LogP contribution >= 0.6 is 0 Å². The van der Waals surface area contributed by atoms with E-state index < -0.39 is 6.09 Å². The molecule has 0 saturated carbocycles. The SMILES string of the molecule is COC(=O)NNC1=NC(c2ccccc2)CCC1. The van der Waals surface area contributed by atoms with E-state index in [1.165, 1.54) is 12.7 Å². The van der Waals surface area contributed by atoms with E-state index in [9.17, 15) is 4.79 Å². The highest BCUT2D eigenvalue weighted by atomic mass is 16.5. The van der Waals surface area contributed by atoms with Crippen LogP contribution in [0.2, 0.25) is 0 Å². The molecule has 2 rings (SSSR count). The summed E-state index contributed by atoms with van der Waals surface area (Å²) in [5.41, 5.74) is 6.43. The van der Waals surface area contributed by atoms with E-state index in [4.69, 9.17) is 0 Å². The van der Waals surface area contributed by atoms with Crippen LogP contribution in [0.4, 0.5) is 4.79 Å². The molecule has 1 heterocycles. The number of amides is 1. The summed E-state index contributed by atoms with van der Waals surface area (Å²) >= 11 is 0. The number of carbonyl (C=O) groups is 1. The maximum atomic E-state index is 11.0. The second kappa shape index (κ2) is 6.05. The number of methoxy groups -OCH3 is 1. The average Bonchev–Trinajstić information content (AvgIpc) is 2.46. The van der Waals surface area contributed by atoms with Gasteiger partial charge in [0, 0.05) is 6.42 Å². The van der Waals surface area contributed by atoms with Gasteiger partial charge in [-0.3, -0.25) is 10.4 Å². The van der Waals surface area contributed by atoms with Gasteiger partial charge in [-0.2, -0.15) is 0 Å². The van der Waals surface area contributed by atoms with E-state index in [0.29, 0.717) is 0 Å². The summed E-state index contributed by atoms with van der Waals surface area (Å²) in [7, 11) is 1.33. The predicted molar refractivity (Wildman–Crippen MR) is 69.1 cm³/mol. The fourth-order valence-electron chi connectivity index (χ4n) is 1.97. The van der Waals surface area contributed by atoms with Gasteiger partial charge in [-0.1, -0.05) is 30.3 Å². The quantitative estimate of drug-likeness (QED) is 0.748. The van der Waals surface area contributed by atoms with E-state index in [2.05, 4.69) is 32.7 Å². The van der Waals surface area contributed by atoms with Crippen LogP contribution in [0.5, 0.6) is 0 Å². The van der Waals surface area contributed by atoms with E-state index >= 15 is 0 Å². The highest BCUT2D eigenvalue weighted by Gasteiger charge is 2.16. The number of hydrazine groups is 1. The molecule has 1 atom stereocenters. The highest BCUT2D eigenvalue weighted by Crippen LogP contribution is 2.27. The van der Waals surface area contributed by atoms with Crippen molar-refractivity contribution in [2.75, 3.05) is 7.11 Å². The maximum absolute atomic E-state index is 11.0. The molecule has 0 spiro atoms. The molecule has 1 aliphatic rings. The Bertz CT molecular complexity index is 431. The number of aliphatic imine (C=N–C) groups is 1. The van der Waals surface area contributed by atoms with Gasteiger partial charge < -0.3 is 4.74 Å². The van der Waals surface area contributed by atoms with Gasteiger partial charge in [-0.25, -0.2) is 10.2 Å². The van der Waals surface area contributed by atoms with Crippen molar-refractivity contribution in [3.05, 3.63) is 35.9 Å². The van der Waals surface area contributed by atoms with E-state index in [0.717, 1.165) is 25.1 Å². The summed E-state index contributed by atoms with van der Waals surface area (Å²) in [5, 5.41) is 0. The lowest BCUT2D eigenvalue weighted by molar-refractivity contribution is 0.168. The van der Waals surface area contributed by atoms with Crippen LogP contribution in [0, 0.1) is 0 Å². The zero-order valence-corrected chi connectivity index (χ0v) is 10.3. The lowest BCUT2D eigenvalue weighted by atomic mass is 9.99. The van der Waals surface area contributed by atoms with Crippen molar-refractivity contribution >= 4 is 11.9 Å². The Morgan fingerprint density at radius 1 is 1.39 bits per heavy atom. The summed E-state index contributed by atoms with van der Waals surface area (Å²) in [4.78, 5) is 15.5. The van der Waals surface area contributed by atoms with Gasteiger partial charge in [-0.05, 0) is 18.4 Å². The molecule has 0 fully saturated rings. The predicted octanol–water partition coefficient (Wildman–Crippen LogP) is 2.17. The molecular formula is C13H17N3O2. The van der Waals surface area contributed by atoms with Gasteiger partial charge in [0.15, 0.2) is 0 Å². The summed E-state index contributed by atoms with van der Waals surface area (Å²) < 4.78 is 4.49. The molecule has 0 saturated heterocycles. The second-order valence-corrected chi connectivity index (χ2v) is 4.14. The zero-order valence-electron chi connectivity index (χ0n) is 10.3. The van der Waals surface area contributed by atoms with Crippen molar-refractivity contribution in [1.29, 1.82) is 0 Å².